The molecule has 0 radical (unpaired) electrons. The lowest BCUT2D eigenvalue weighted by Gasteiger charge is -2.12. The second-order valence-corrected chi connectivity index (χ2v) is 3.44. The van der Waals surface area contributed by atoms with Crippen LogP contribution in [-0.4, -0.2) is 22.2 Å². The van der Waals surface area contributed by atoms with E-state index in [1.165, 1.54) is 12.1 Å². The number of nitrogens with zero attached hydrogens (tertiary/aromatic N) is 1. The van der Waals surface area contributed by atoms with Crippen LogP contribution in [0.15, 0.2) is 30.3 Å². The number of alkyl halides is 1. The number of carbonyl (C=O) groups excluding carboxylic acids is 2. The third-order valence-electron chi connectivity index (χ3n) is 1.75. The van der Waals surface area contributed by atoms with Crippen LogP contribution in [-0.2, 0) is 4.79 Å². The molecule has 7 heteroatoms. The molecule has 0 aliphatic rings. The molecular weight excluding hydrogens is 236 g/mol. The Morgan fingerprint density at radius 3 is 2.44 bits per heavy atom. The van der Waals surface area contributed by atoms with E-state index in [1.807, 2.05) is 5.32 Å². The highest BCUT2D eigenvalue weighted by Crippen LogP contribution is 2.10. The van der Waals surface area contributed by atoms with Crippen LogP contribution >= 0.6 is 11.6 Å². The molecule has 0 spiro atoms. The molecule has 0 fully saturated rings. The number of carbonyl (C=O) groups is 2. The van der Waals surface area contributed by atoms with Crippen molar-refractivity contribution >= 4 is 23.8 Å². The number of rotatable bonds is 4. The lowest BCUT2D eigenvalue weighted by Crippen LogP contribution is -2.51. The predicted molar refractivity (Wildman–Crippen MR) is 55.6 cm³/mol. The van der Waals surface area contributed by atoms with E-state index in [9.17, 15) is 19.7 Å². The third kappa shape index (κ3) is 2.54. The van der Waals surface area contributed by atoms with Gasteiger partial charge in [-0.2, -0.15) is 0 Å². The van der Waals surface area contributed by atoms with Crippen molar-refractivity contribution < 1.29 is 14.5 Å². The van der Waals surface area contributed by atoms with Crippen LogP contribution in [0.25, 0.3) is 0 Å². The van der Waals surface area contributed by atoms with Crippen molar-refractivity contribution in [1.29, 1.82) is 0 Å². The Labute approximate surface area is 95.4 Å². The number of hydrogen-bond acceptors (Lipinski definition) is 4. The maximum absolute atomic E-state index is 11.5. The van der Waals surface area contributed by atoms with E-state index >= 15 is 0 Å². The van der Waals surface area contributed by atoms with Crippen molar-refractivity contribution in [3.63, 3.8) is 0 Å². The summed E-state index contributed by atoms with van der Waals surface area (Å²) >= 11 is 5.30. The molecule has 6 nitrogen and oxygen atoms in total. The van der Waals surface area contributed by atoms with Gasteiger partial charge in [0.1, 0.15) is 0 Å². The number of benzene rings is 1. The van der Waals surface area contributed by atoms with Crippen LogP contribution in [0.3, 0.4) is 0 Å². The maximum Gasteiger partial charge on any atom is 0.430 e. The highest BCUT2D eigenvalue weighted by atomic mass is 35.5. The van der Waals surface area contributed by atoms with Gasteiger partial charge in [-0.3, -0.25) is 25.0 Å². The Morgan fingerprint density at radius 2 is 2.00 bits per heavy atom. The van der Waals surface area contributed by atoms with Gasteiger partial charge in [-0.05, 0) is 23.7 Å². The van der Waals surface area contributed by atoms with Crippen LogP contribution in [0.1, 0.15) is 10.4 Å². The molecule has 1 amide bonds. The van der Waals surface area contributed by atoms with Gasteiger partial charge in [-0.15, -0.1) is 0 Å². The largest absolute Gasteiger partial charge is 0.430 e. The van der Waals surface area contributed by atoms with Crippen molar-refractivity contribution in [2.75, 3.05) is 0 Å². The summed E-state index contributed by atoms with van der Waals surface area (Å²) in [5.41, 5.74) is 0.177. The molecule has 0 bridgehead atoms. The lowest BCUT2D eigenvalue weighted by atomic mass is 10.2. The topological polar surface area (TPSA) is 89.3 Å². The predicted octanol–water partition coefficient (Wildman–Crippen LogP) is 0.785. The van der Waals surface area contributed by atoms with Crippen molar-refractivity contribution in [3.05, 3.63) is 46.0 Å². The molecule has 0 saturated heterocycles. The van der Waals surface area contributed by atoms with Gasteiger partial charge in [0.05, 0.1) is 4.92 Å². The molecule has 0 heterocycles. The van der Waals surface area contributed by atoms with Crippen LogP contribution in [0.4, 0.5) is 0 Å². The Hall–Kier alpha value is -1.95. The van der Waals surface area contributed by atoms with Crippen molar-refractivity contribution in [2.24, 2.45) is 0 Å². The van der Waals surface area contributed by atoms with Gasteiger partial charge in [-0.25, -0.2) is 0 Å². The van der Waals surface area contributed by atoms with E-state index in [-0.39, 0.29) is 11.8 Å². The summed E-state index contributed by atoms with van der Waals surface area (Å²) in [7, 11) is 0. The first-order valence-corrected chi connectivity index (χ1v) is 4.54. The van der Waals surface area contributed by atoms with Gasteiger partial charge >= 0.3 is 5.12 Å². The number of nitrogens with one attached hydrogen (secondary N) is 1. The lowest BCUT2D eigenvalue weighted by molar-refractivity contribution is -0.527. The summed E-state index contributed by atoms with van der Waals surface area (Å²) < 4.78 is 0. The zero-order chi connectivity index (χ0) is 12.2. The van der Waals surface area contributed by atoms with Crippen molar-refractivity contribution in [2.45, 2.75) is 5.12 Å². The number of amides is 1. The van der Waals surface area contributed by atoms with E-state index in [1.54, 1.807) is 18.2 Å². The number of hydrogen-bond donors (Lipinski definition) is 1. The van der Waals surface area contributed by atoms with E-state index in [2.05, 4.69) is 0 Å². The van der Waals surface area contributed by atoms with E-state index in [0.29, 0.717) is 0 Å². The molecule has 0 aliphatic heterocycles. The third-order valence-corrected chi connectivity index (χ3v) is 2.07. The second kappa shape index (κ2) is 4.71. The minimum atomic E-state index is -2.62. The Bertz CT molecular complexity index is 423. The number of nitro groups is 1. The van der Waals surface area contributed by atoms with Crippen LogP contribution in [0, 0.1) is 10.1 Å². The first-order valence-electron chi connectivity index (χ1n) is 4.17. The molecular formula is C9H7ClN2O4. The molecule has 0 aromatic heterocycles. The standard InChI is InChI=1S/C9H7ClN2O4/c10-9(6-13,12(15)16)11-8(14)7-4-2-1-3-5-7/h1-6H,(H,11,14). The Morgan fingerprint density at radius 1 is 1.44 bits per heavy atom. The number of aldehydes is 1. The zero-order valence-corrected chi connectivity index (χ0v) is 8.68. The highest BCUT2D eigenvalue weighted by Gasteiger charge is 2.42. The van der Waals surface area contributed by atoms with Gasteiger partial charge in [0.15, 0.2) is 0 Å². The molecule has 0 aliphatic carbocycles. The Kier molecular flexibility index (Phi) is 3.57. The SMILES string of the molecule is O=CC(Cl)(NC(=O)c1ccccc1)[N+](=O)[O-]. The summed E-state index contributed by atoms with van der Waals surface area (Å²) in [6.07, 6.45) is -0.143. The molecule has 84 valence electrons. The fourth-order valence-corrected chi connectivity index (χ4v) is 1.02. The minimum absolute atomic E-state index is 0.143. The first-order chi connectivity index (χ1) is 7.49. The zero-order valence-electron chi connectivity index (χ0n) is 7.92. The fourth-order valence-electron chi connectivity index (χ4n) is 0.939. The van der Waals surface area contributed by atoms with Crippen molar-refractivity contribution in [1.82, 2.24) is 5.32 Å². The molecule has 16 heavy (non-hydrogen) atoms. The van der Waals surface area contributed by atoms with Gasteiger partial charge in [0, 0.05) is 5.56 Å². The highest BCUT2D eigenvalue weighted by molar-refractivity contribution is 6.31. The summed E-state index contributed by atoms with van der Waals surface area (Å²) in [4.78, 5) is 31.3. The Balaban J connectivity index is 2.86. The van der Waals surface area contributed by atoms with Gasteiger partial charge in [0.25, 0.3) is 5.91 Å². The normalized spacial score (nSPS) is 13.6. The average Bonchev–Trinajstić information content (AvgIpc) is 2.29. The summed E-state index contributed by atoms with van der Waals surface area (Å²) in [6.45, 7) is 0. The minimum Gasteiger partial charge on any atom is -0.291 e. The van der Waals surface area contributed by atoms with Gasteiger partial charge in [0.2, 0.25) is 6.29 Å². The molecule has 1 unspecified atom stereocenters. The van der Waals surface area contributed by atoms with Crippen LogP contribution in [0.5, 0.6) is 0 Å². The quantitative estimate of drug-likeness (QED) is 0.211. The van der Waals surface area contributed by atoms with E-state index in [0.717, 1.165) is 0 Å². The summed E-state index contributed by atoms with van der Waals surface area (Å²) in [6, 6.07) is 7.72. The van der Waals surface area contributed by atoms with Crippen LogP contribution < -0.4 is 5.32 Å². The van der Waals surface area contributed by atoms with Gasteiger partial charge in [-0.1, -0.05) is 18.2 Å². The summed E-state index contributed by atoms with van der Waals surface area (Å²) in [5, 5.41) is 9.65. The molecule has 1 rings (SSSR count). The molecule has 1 N–H and O–H groups in total. The maximum atomic E-state index is 11.5. The molecule has 0 saturated carbocycles. The number of halogens is 1. The van der Waals surface area contributed by atoms with Crippen molar-refractivity contribution in [3.8, 4) is 0 Å². The molecule has 1 aromatic carbocycles. The average molecular weight is 243 g/mol. The van der Waals surface area contributed by atoms with E-state index < -0.39 is 16.0 Å². The van der Waals surface area contributed by atoms with Crippen LogP contribution in [0.2, 0.25) is 0 Å². The van der Waals surface area contributed by atoms with E-state index in [4.69, 9.17) is 11.6 Å². The molecule has 1 aromatic rings. The van der Waals surface area contributed by atoms with Gasteiger partial charge < -0.3 is 0 Å². The second-order valence-electron chi connectivity index (χ2n) is 2.87. The first kappa shape index (κ1) is 12.1. The molecule has 1 atom stereocenters. The smallest absolute Gasteiger partial charge is 0.291 e. The fraction of sp³-hybridized carbons (Fsp3) is 0.111. The summed E-state index contributed by atoms with van der Waals surface area (Å²) in [5.74, 6) is -0.792. The monoisotopic (exact) mass is 242 g/mol.